The highest BCUT2D eigenvalue weighted by atomic mass is 79.9. The average Bonchev–Trinajstić information content (AvgIpc) is 2.46. The van der Waals surface area contributed by atoms with Gasteiger partial charge in [0.25, 0.3) is 0 Å². The van der Waals surface area contributed by atoms with Crippen LogP contribution in [-0.2, 0) is 0 Å². The van der Waals surface area contributed by atoms with Crippen LogP contribution in [0.1, 0.15) is 0 Å². The van der Waals surface area contributed by atoms with Crippen molar-refractivity contribution < 1.29 is 9.53 Å². The number of carbonyl (C=O) groups excluding carboxylic acids is 1. The van der Waals surface area contributed by atoms with E-state index in [9.17, 15) is 4.79 Å². The molecule has 4 nitrogen and oxygen atoms in total. The maximum Gasteiger partial charge on any atom is 0.326 e. The van der Waals surface area contributed by atoms with E-state index in [-0.39, 0.29) is 6.03 Å². The van der Waals surface area contributed by atoms with E-state index in [1.807, 2.05) is 48.5 Å². The zero-order chi connectivity index (χ0) is 13.9. The number of hydrogen-bond donors (Lipinski definition) is 1. The van der Waals surface area contributed by atoms with Crippen molar-refractivity contribution in [1.82, 2.24) is 0 Å². The number of urea groups is 1. The van der Waals surface area contributed by atoms with Gasteiger partial charge in [-0.25, -0.2) is 4.79 Å². The topological polar surface area (TPSA) is 41.6 Å². The Bertz CT molecular complexity index is 645. The third-order valence-electron chi connectivity index (χ3n) is 3.05. The van der Waals surface area contributed by atoms with Crippen molar-refractivity contribution in [2.24, 2.45) is 0 Å². The van der Waals surface area contributed by atoms with Crippen molar-refractivity contribution in [2.75, 3.05) is 23.4 Å². The maximum absolute atomic E-state index is 12.4. The lowest BCUT2D eigenvalue weighted by atomic mass is 10.2. The summed E-state index contributed by atoms with van der Waals surface area (Å²) in [4.78, 5) is 14.1. The average molecular weight is 333 g/mol. The summed E-state index contributed by atoms with van der Waals surface area (Å²) in [5.41, 5.74) is 1.56. The van der Waals surface area contributed by atoms with Crippen LogP contribution in [0, 0.1) is 0 Å². The second-order valence-corrected chi connectivity index (χ2v) is 5.32. The molecule has 0 spiro atoms. The van der Waals surface area contributed by atoms with Crippen LogP contribution < -0.4 is 15.0 Å². The van der Waals surface area contributed by atoms with Crippen LogP contribution >= 0.6 is 15.9 Å². The SMILES string of the molecule is O=C(Nc1cccc(Br)c1)N1CCOc2ccccc21. The summed E-state index contributed by atoms with van der Waals surface area (Å²) in [5, 5.41) is 2.89. The summed E-state index contributed by atoms with van der Waals surface area (Å²) >= 11 is 3.39. The minimum absolute atomic E-state index is 0.154. The monoisotopic (exact) mass is 332 g/mol. The third kappa shape index (κ3) is 2.63. The molecule has 0 fully saturated rings. The molecule has 1 heterocycles. The van der Waals surface area contributed by atoms with Crippen LogP contribution in [0.4, 0.5) is 16.2 Å². The van der Waals surface area contributed by atoms with Crippen LogP contribution in [0.3, 0.4) is 0 Å². The molecule has 2 aromatic rings. The number of para-hydroxylation sites is 2. The normalized spacial score (nSPS) is 13.3. The first-order valence-corrected chi connectivity index (χ1v) is 7.09. The van der Waals surface area contributed by atoms with Gasteiger partial charge in [-0.1, -0.05) is 34.1 Å². The van der Waals surface area contributed by atoms with E-state index in [0.29, 0.717) is 13.2 Å². The van der Waals surface area contributed by atoms with Crippen molar-refractivity contribution >= 4 is 33.3 Å². The third-order valence-corrected chi connectivity index (χ3v) is 3.54. The molecule has 1 aliphatic rings. The number of fused-ring (bicyclic) bond motifs is 1. The number of anilines is 2. The first kappa shape index (κ1) is 13.0. The molecule has 2 amide bonds. The Kier molecular flexibility index (Phi) is 3.60. The number of halogens is 1. The van der Waals surface area contributed by atoms with E-state index in [4.69, 9.17) is 4.74 Å². The lowest BCUT2D eigenvalue weighted by Crippen LogP contribution is -2.40. The van der Waals surface area contributed by atoms with Gasteiger partial charge in [0, 0.05) is 10.2 Å². The minimum atomic E-state index is -0.154. The predicted octanol–water partition coefficient (Wildman–Crippen LogP) is 3.88. The van der Waals surface area contributed by atoms with Gasteiger partial charge in [0.15, 0.2) is 0 Å². The largest absolute Gasteiger partial charge is 0.490 e. The molecule has 102 valence electrons. The molecule has 0 bridgehead atoms. The molecule has 3 rings (SSSR count). The lowest BCUT2D eigenvalue weighted by Gasteiger charge is -2.29. The smallest absolute Gasteiger partial charge is 0.326 e. The summed E-state index contributed by atoms with van der Waals surface area (Å²) in [6, 6.07) is 14.9. The van der Waals surface area contributed by atoms with Crippen LogP contribution in [0.25, 0.3) is 0 Å². The standard InChI is InChI=1S/C15H13BrN2O2/c16-11-4-3-5-12(10-11)17-15(19)18-8-9-20-14-7-2-1-6-13(14)18/h1-7,10H,8-9H2,(H,17,19). The molecule has 5 heteroatoms. The number of rotatable bonds is 1. The first-order valence-electron chi connectivity index (χ1n) is 6.30. The molecule has 0 unspecified atom stereocenters. The van der Waals surface area contributed by atoms with E-state index in [1.54, 1.807) is 4.90 Å². The number of hydrogen-bond acceptors (Lipinski definition) is 2. The molecule has 0 radical (unpaired) electrons. The van der Waals surface area contributed by atoms with Crippen LogP contribution in [-0.4, -0.2) is 19.2 Å². The van der Waals surface area contributed by atoms with Crippen molar-refractivity contribution in [1.29, 1.82) is 0 Å². The first-order chi connectivity index (χ1) is 9.74. The van der Waals surface area contributed by atoms with E-state index in [2.05, 4.69) is 21.2 Å². The van der Waals surface area contributed by atoms with Gasteiger partial charge in [0.05, 0.1) is 12.2 Å². The van der Waals surface area contributed by atoms with Gasteiger partial charge in [-0.15, -0.1) is 0 Å². The van der Waals surface area contributed by atoms with Crippen molar-refractivity contribution in [2.45, 2.75) is 0 Å². The summed E-state index contributed by atoms with van der Waals surface area (Å²) < 4.78 is 6.47. The van der Waals surface area contributed by atoms with Crippen molar-refractivity contribution in [3.8, 4) is 5.75 Å². The van der Waals surface area contributed by atoms with Crippen molar-refractivity contribution in [3.63, 3.8) is 0 Å². The molecule has 1 aliphatic heterocycles. The van der Waals surface area contributed by atoms with Gasteiger partial charge in [0.2, 0.25) is 0 Å². The number of ether oxygens (including phenoxy) is 1. The Hall–Kier alpha value is -2.01. The summed E-state index contributed by atoms with van der Waals surface area (Å²) in [6.07, 6.45) is 0. The fraction of sp³-hybridized carbons (Fsp3) is 0.133. The number of benzene rings is 2. The predicted molar refractivity (Wildman–Crippen MR) is 82.4 cm³/mol. The highest BCUT2D eigenvalue weighted by molar-refractivity contribution is 9.10. The van der Waals surface area contributed by atoms with Crippen LogP contribution in [0.5, 0.6) is 5.75 Å². The molecule has 2 aromatic carbocycles. The highest BCUT2D eigenvalue weighted by Crippen LogP contribution is 2.31. The Morgan fingerprint density at radius 2 is 2.05 bits per heavy atom. The van der Waals surface area contributed by atoms with Crippen LogP contribution in [0.2, 0.25) is 0 Å². The lowest BCUT2D eigenvalue weighted by molar-refractivity contribution is 0.250. The molecule has 0 saturated heterocycles. The van der Waals surface area contributed by atoms with Gasteiger partial charge in [0.1, 0.15) is 12.4 Å². The Labute approximate surface area is 125 Å². The maximum atomic E-state index is 12.4. The number of amides is 2. The highest BCUT2D eigenvalue weighted by Gasteiger charge is 2.23. The van der Waals surface area contributed by atoms with E-state index in [0.717, 1.165) is 21.6 Å². The molecule has 0 aliphatic carbocycles. The molecule has 0 saturated carbocycles. The van der Waals surface area contributed by atoms with Crippen LogP contribution in [0.15, 0.2) is 53.0 Å². The molecule has 0 atom stereocenters. The molecule has 1 N–H and O–H groups in total. The van der Waals surface area contributed by atoms with E-state index >= 15 is 0 Å². The number of nitrogens with zero attached hydrogens (tertiary/aromatic N) is 1. The molecular weight excluding hydrogens is 320 g/mol. The van der Waals surface area contributed by atoms with E-state index in [1.165, 1.54) is 0 Å². The quantitative estimate of drug-likeness (QED) is 0.860. The Morgan fingerprint density at radius 3 is 2.90 bits per heavy atom. The molecule has 0 aromatic heterocycles. The zero-order valence-electron chi connectivity index (χ0n) is 10.7. The number of carbonyl (C=O) groups is 1. The second kappa shape index (κ2) is 5.54. The summed E-state index contributed by atoms with van der Waals surface area (Å²) in [7, 11) is 0. The molecular formula is C15H13BrN2O2. The Balaban J connectivity index is 1.82. The van der Waals surface area contributed by atoms with Crippen molar-refractivity contribution in [3.05, 3.63) is 53.0 Å². The second-order valence-electron chi connectivity index (χ2n) is 4.41. The van der Waals surface area contributed by atoms with Gasteiger partial charge in [-0.3, -0.25) is 4.90 Å². The molecule has 20 heavy (non-hydrogen) atoms. The fourth-order valence-electron chi connectivity index (χ4n) is 2.14. The number of nitrogens with one attached hydrogen (secondary N) is 1. The zero-order valence-corrected chi connectivity index (χ0v) is 12.3. The van der Waals surface area contributed by atoms with Gasteiger partial charge in [-0.2, -0.15) is 0 Å². The fourth-order valence-corrected chi connectivity index (χ4v) is 2.54. The summed E-state index contributed by atoms with van der Waals surface area (Å²) in [5.74, 6) is 0.739. The summed E-state index contributed by atoms with van der Waals surface area (Å²) in [6.45, 7) is 1.04. The van der Waals surface area contributed by atoms with E-state index < -0.39 is 0 Å². The van der Waals surface area contributed by atoms with Gasteiger partial charge < -0.3 is 10.1 Å². The van der Waals surface area contributed by atoms with Gasteiger partial charge in [-0.05, 0) is 30.3 Å². The van der Waals surface area contributed by atoms with Gasteiger partial charge >= 0.3 is 6.03 Å². The Morgan fingerprint density at radius 1 is 1.20 bits per heavy atom. The minimum Gasteiger partial charge on any atom is -0.490 e.